The van der Waals surface area contributed by atoms with E-state index in [-0.39, 0.29) is 12.3 Å². The van der Waals surface area contributed by atoms with Crippen LogP contribution in [0.4, 0.5) is 0 Å². The molecule has 1 amide bonds. The van der Waals surface area contributed by atoms with Gasteiger partial charge in [-0.1, -0.05) is 48.0 Å². The average molecular weight is 526 g/mol. The number of carboxylic acids is 1. The fourth-order valence-corrected chi connectivity index (χ4v) is 4.98. The molecule has 1 aliphatic rings. The summed E-state index contributed by atoms with van der Waals surface area (Å²) in [6.45, 7) is 0. The number of amides is 1. The Morgan fingerprint density at radius 2 is 1.76 bits per heavy atom. The Labute approximate surface area is 226 Å². The Bertz CT molecular complexity index is 1530. The van der Waals surface area contributed by atoms with Crippen molar-refractivity contribution >= 4 is 40.1 Å². The van der Waals surface area contributed by atoms with Crippen LogP contribution in [0.3, 0.4) is 0 Å². The standard InChI is InChI=1S/C31H28ClN3O3/c32-24-15-12-21(13-16-24)30-27(10-3-4-11-29(36)37)34-28-18-22(14-17-26(28)35-30)31(38)33-19-23-8-5-7-20-6-1-2-9-25(20)23/h1-2,6,9,12-19H,3-5,7-8,10-11H2,(H,33,38)(H,36,37)/b23-19+. The van der Waals surface area contributed by atoms with E-state index in [1.807, 2.05) is 42.6 Å². The Kier molecular flexibility index (Phi) is 7.80. The Morgan fingerprint density at radius 1 is 0.947 bits per heavy atom. The van der Waals surface area contributed by atoms with Gasteiger partial charge in [0, 0.05) is 28.8 Å². The van der Waals surface area contributed by atoms with E-state index in [1.165, 1.54) is 11.1 Å². The number of fused-ring (bicyclic) bond motifs is 2. The van der Waals surface area contributed by atoms with Crippen LogP contribution in [0.5, 0.6) is 0 Å². The summed E-state index contributed by atoms with van der Waals surface area (Å²) >= 11 is 6.08. The van der Waals surface area contributed by atoms with Gasteiger partial charge < -0.3 is 10.4 Å². The number of halogens is 1. The van der Waals surface area contributed by atoms with Crippen molar-refractivity contribution in [1.29, 1.82) is 0 Å². The lowest BCUT2D eigenvalue weighted by Gasteiger charge is -2.18. The fourth-order valence-electron chi connectivity index (χ4n) is 4.86. The van der Waals surface area contributed by atoms with E-state index >= 15 is 0 Å². The zero-order chi connectivity index (χ0) is 26.5. The van der Waals surface area contributed by atoms with E-state index in [1.54, 1.807) is 12.1 Å². The van der Waals surface area contributed by atoms with Crippen LogP contribution in [-0.4, -0.2) is 27.0 Å². The van der Waals surface area contributed by atoms with Crippen molar-refractivity contribution in [1.82, 2.24) is 15.3 Å². The number of carbonyl (C=O) groups is 2. The first kappa shape index (κ1) is 25.6. The molecule has 1 aromatic heterocycles. The number of rotatable bonds is 8. The van der Waals surface area contributed by atoms with E-state index in [4.69, 9.17) is 26.7 Å². The summed E-state index contributed by atoms with van der Waals surface area (Å²) in [5.74, 6) is -1.01. The highest BCUT2D eigenvalue weighted by Gasteiger charge is 2.16. The van der Waals surface area contributed by atoms with Gasteiger partial charge in [0.1, 0.15) is 0 Å². The molecule has 5 rings (SSSR count). The molecule has 0 saturated carbocycles. The van der Waals surface area contributed by atoms with Crippen molar-refractivity contribution in [2.75, 3.05) is 0 Å². The number of allylic oxidation sites excluding steroid dienone is 1. The summed E-state index contributed by atoms with van der Waals surface area (Å²) in [7, 11) is 0. The van der Waals surface area contributed by atoms with Gasteiger partial charge in [0.2, 0.25) is 0 Å². The Hall–Kier alpha value is -4.03. The van der Waals surface area contributed by atoms with E-state index in [0.29, 0.717) is 40.9 Å². The van der Waals surface area contributed by atoms with E-state index in [9.17, 15) is 9.59 Å². The van der Waals surface area contributed by atoms with Gasteiger partial charge in [-0.3, -0.25) is 9.59 Å². The predicted octanol–water partition coefficient (Wildman–Crippen LogP) is 6.85. The fraction of sp³-hybridized carbons (Fsp3) is 0.226. The van der Waals surface area contributed by atoms with Gasteiger partial charge in [-0.05, 0) is 85.6 Å². The van der Waals surface area contributed by atoms with Crippen molar-refractivity contribution in [3.8, 4) is 11.3 Å². The molecule has 38 heavy (non-hydrogen) atoms. The molecule has 0 bridgehead atoms. The first-order chi connectivity index (χ1) is 18.5. The number of benzene rings is 3. The maximum atomic E-state index is 13.1. The number of aliphatic carboxylic acids is 1. The first-order valence-electron chi connectivity index (χ1n) is 12.8. The first-order valence-corrected chi connectivity index (χ1v) is 13.2. The van der Waals surface area contributed by atoms with Gasteiger partial charge in [0.15, 0.2) is 0 Å². The molecule has 4 aromatic rings. The van der Waals surface area contributed by atoms with E-state index < -0.39 is 5.97 Å². The van der Waals surface area contributed by atoms with Gasteiger partial charge in [0.05, 0.1) is 22.4 Å². The number of nitrogens with zero attached hydrogens (tertiary/aromatic N) is 2. The summed E-state index contributed by atoms with van der Waals surface area (Å²) in [6, 6.07) is 21.1. The molecule has 0 unspecified atom stereocenters. The molecular weight excluding hydrogens is 498 g/mol. The second-order valence-electron chi connectivity index (χ2n) is 9.48. The third-order valence-corrected chi connectivity index (χ3v) is 7.06. The van der Waals surface area contributed by atoms with Crippen molar-refractivity contribution in [3.05, 3.63) is 100 Å². The zero-order valence-corrected chi connectivity index (χ0v) is 21.7. The van der Waals surface area contributed by atoms with Gasteiger partial charge in [0.25, 0.3) is 5.91 Å². The highest BCUT2D eigenvalue weighted by atomic mass is 35.5. The van der Waals surface area contributed by atoms with Gasteiger partial charge in [-0.25, -0.2) is 9.97 Å². The van der Waals surface area contributed by atoms with Gasteiger partial charge in [-0.2, -0.15) is 0 Å². The topological polar surface area (TPSA) is 92.2 Å². The summed E-state index contributed by atoms with van der Waals surface area (Å²) in [5.41, 5.74) is 7.85. The second kappa shape index (κ2) is 11.6. The molecule has 0 radical (unpaired) electrons. The molecular formula is C31H28ClN3O3. The number of carbonyl (C=O) groups excluding carboxylic acids is 1. The minimum Gasteiger partial charge on any atom is -0.481 e. The predicted molar refractivity (Wildman–Crippen MR) is 150 cm³/mol. The third kappa shape index (κ3) is 5.92. The molecule has 0 spiro atoms. The lowest BCUT2D eigenvalue weighted by Crippen LogP contribution is -2.18. The number of aryl methyl sites for hydroxylation is 2. The molecule has 0 aliphatic heterocycles. The van der Waals surface area contributed by atoms with E-state index in [2.05, 4.69) is 23.5 Å². The number of hydrogen-bond acceptors (Lipinski definition) is 4. The molecule has 0 fully saturated rings. The molecule has 0 atom stereocenters. The summed E-state index contributed by atoms with van der Waals surface area (Å²) in [6.07, 6.45) is 6.79. The van der Waals surface area contributed by atoms with Crippen molar-refractivity contribution in [2.45, 2.75) is 44.9 Å². The van der Waals surface area contributed by atoms with Crippen molar-refractivity contribution in [2.24, 2.45) is 0 Å². The summed E-state index contributed by atoms with van der Waals surface area (Å²) in [5, 5.41) is 12.6. The maximum Gasteiger partial charge on any atom is 0.303 e. The van der Waals surface area contributed by atoms with Crippen LogP contribution >= 0.6 is 11.6 Å². The number of hydrogen-bond donors (Lipinski definition) is 2. The van der Waals surface area contributed by atoms with Crippen LogP contribution in [0.15, 0.2) is 72.9 Å². The molecule has 6 nitrogen and oxygen atoms in total. The maximum absolute atomic E-state index is 13.1. The second-order valence-corrected chi connectivity index (χ2v) is 9.92. The van der Waals surface area contributed by atoms with Gasteiger partial charge >= 0.3 is 5.97 Å². The number of nitrogens with one attached hydrogen (secondary N) is 1. The quantitative estimate of drug-likeness (QED) is 0.245. The molecule has 3 aromatic carbocycles. The normalized spacial score (nSPS) is 13.9. The highest BCUT2D eigenvalue weighted by Crippen LogP contribution is 2.30. The zero-order valence-electron chi connectivity index (χ0n) is 20.9. The number of carboxylic acid groups (broad SMARTS) is 1. The van der Waals surface area contributed by atoms with Gasteiger partial charge in [-0.15, -0.1) is 0 Å². The minimum absolute atomic E-state index is 0.113. The minimum atomic E-state index is -0.810. The molecule has 0 saturated heterocycles. The molecule has 192 valence electrons. The van der Waals surface area contributed by atoms with Crippen LogP contribution in [0.2, 0.25) is 5.02 Å². The number of unbranched alkanes of at least 4 members (excludes halogenated alkanes) is 1. The molecule has 1 heterocycles. The van der Waals surface area contributed by atoms with Crippen LogP contribution < -0.4 is 5.32 Å². The highest BCUT2D eigenvalue weighted by molar-refractivity contribution is 6.30. The average Bonchev–Trinajstić information content (AvgIpc) is 2.93. The SMILES string of the molecule is O=C(O)CCCCc1nc2cc(C(=O)N/C=C3\CCCc4ccccc43)ccc2nc1-c1ccc(Cl)cc1. The Morgan fingerprint density at radius 3 is 2.58 bits per heavy atom. The monoisotopic (exact) mass is 525 g/mol. The van der Waals surface area contributed by atoms with Crippen molar-refractivity contribution < 1.29 is 14.7 Å². The van der Waals surface area contributed by atoms with Crippen LogP contribution in [0.25, 0.3) is 27.9 Å². The summed E-state index contributed by atoms with van der Waals surface area (Å²) in [4.78, 5) is 33.7. The van der Waals surface area contributed by atoms with Crippen LogP contribution in [0.1, 0.15) is 59.3 Å². The lowest BCUT2D eigenvalue weighted by atomic mass is 9.88. The van der Waals surface area contributed by atoms with E-state index in [0.717, 1.165) is 41.8 Å². The smallest absolute Gasteiger partial charge is 0.303 e. The molecule has 1 aliphatic carbocycles. The largest absolute Gasteiger partial charge is 0.481 e. The van der Waals surface area contributed by atoms with Crippen molar-refractivity contribution in [3.63, 3.8) is 0 Å². The lowest BCUT2D eigenvalue weighted by molar-refractivity contribution is -0.137. The Balaban J connectivity index is 1.42. The van der Waals surface area contributed by atoms with Crippen LogP contribution in [0, 0.1) is 0 Å². The molecule has 7 heteroatoms. The van der Waals surface area contributed by atoms with Crippen LogP contribution in [-0.2, 0) is 17.6 Å². The number of aromatic nitrogens is 2. The third-order valence-electron chi connectivity index (χ3n) is 6.80. The summed E-state index contributed by atoms with van der Waals surface area (Å²) < 4.78 is 0. The molecule has 2 N–H and O–H groups in total.